The highest BCUT2D eigenvalue weighted by atomic mass is 19.1. The van der Waals surface area contributed by atoms with E-state index in [-0.39, 0.29) is 34.5 Å². The van der Waals surface area contributed by atoms with Gasteiger partial charge in [-0.1, -0.05) is 25.1 Å². The molecule has 3 atom stereocenters. The van der Waals surface area contributed by atoms with E-state index in [0.717, 1.165) is 6.42 Å². The Bertz CT molecular complexity index is 856. The standard InChI is InChI=1S/C19H20FN3O3/c1-10-7-14(10)23-18(25)11-8-15(22-16(9-11)19(26)21-2)17(24)12-5-3-4-6-13(12)20/h3-6,8-10,14,17,24H,7H2,1-2H3,(H,21,26)(H,23,25)/t10-,14-,17?/m0/s1. The molecule has 136 valence electrons. The van der Waals surface area contributed by atoms with Crippen LogP contribution in [0.2, 0.25) is 0 Å². The summed E-state index contributed by atoms with van der Waals surface area (Å²) >= 11 is 0. The van der Waals surface area contributed by atoms with E-state index in [4.69, 9.17) is 0 Å². The van der Waals surface area contributed by atoms with Gasteiger partial charge in [0.15, 0.2) is 0 Å². The van der Waals surface area contributed by atoms with E-state index >= 15 is 0 Å². The van der Waals surface area contributed by atoms with Gasteiger partial charge < -0.3 is 15.7 Å². The van der Waals surface area contributed by atoms with E-state index in [1.54, 1.807) is 6.07 Å². The van der Waals surface area contributed by atoms with Crippen molar-refractivity contribution in [3.8, 4) is 0 Å². The molecule has 0 spiro atoms. The van der Waals surface area contributed by atoms with Gasteiger partial charge in [0, 0.05) is 24.2 Å². The summed E-state index contributed by atoms with van der Waals surface area (Å²) in [6.45, 7) is 2.03. The number of carbonyl (C=O) groups excluding carboxylic acids is 2. The first-order chi connectivity index (χ1) is 12.4. The van der Waals surface area contributed by atoms with Crippen LogP contribution in [-0.2, 0) is 0 Å². The third kappa shape index (κ3) is 3.72. The summed E-state index contributed by atoms with van der Waals surface area (Å²) in [6.07, 6.45) is -0.490. The minimum Gasteiger partial charge on any atom is -0.382 e. The lowest BCUT2D eigenvalue weighted by molar-refractivity contribution is 0.0949. The normalized spacial score (nSPS) is 19.5. The van der Waals surface area contributed by atoms with Gasteiger partial charge in [-0.25, -0.2) is 9.37 Å². The first-order valence-corrected chi connectivity index (χ1v) is 8.38. The zero-order chi connectivity index (χ0) is 18.8. The Labute approximate surface area is 150 Å². The van der Waals surface area contributed by atoms with Crippen LogP contribution in [0.5, 0.6) is 0 Å². The number of nitrogens with zero attached hydrogens (tertiary/aromatic N) is 1. The van der Waals surface area contributed by atoms with Crippen molar-refractivity contribution in [1.82, 2.24) is 15.6 Å². The number of aliphatic hydroxyl groups is 1. The first kappa shape index (κ1) is 18.0. The third-order valence-electron chi connectivity index (χ3n) is 4.47. The average molecular weight is 357 g/mol. The molecule has 3 rings (SSSR count). The summed E-state index contributed by atoms with van der Waals surface area (Å²) in [5, 5.41) is 15.8. The van der Waals surface area contributed by atoms with Crippen LogP contribution in [0, 0.1) is 11.7 Å². The summed E-state index contributed by atoms with van der Waals surface area (Å²) < 4.78 is 14.0. The van der Waals surface area contributed by atoms with Crippen LogP contribution in [-0.4, -0.2) is 35.0 Å². The molecule has 1 fully saturated rings. The van der Waals surface area contributed by atoms with E-state index in [9.17, 15) is 19.1 Å². The van der Waals surface area contributed by atoms with Gasteiger partial charge in [-0.15, -0.1) is 0 Å². The Morgan fingerprint density at radius 2 is 1.96 bits per heavy atom. The molecule has 2 amide bonds. The number of aromatic nitrogens is 1. The van der Waals surface area contributed by atoms with Gasteiger partial charge >= 0.3 is 0 Å². The molecule has 1 saturated carbocycles. The minimum absolute atomic E-state index is 0.0191. The highest BCUT2D eigenvalue weighted by molar-refractivity contribution is 5.98. The van der Waals surface area contributed by atoms with Gasteiger partial charge in [0.1, 0.15) is 17.6 Å². The number of amides is 2. The number of hydrogen-bond donors (Lipinski definition) is 3. The molecule has 0 aliphatic heterocycles. The van der Waals surface area contributed by atoms with Crippen molar-refractivity contribution in [3.63, 3.8) is 0 Å². The van der Waals surface area contributed by atoms with Crippen molar-refractivity contribution in [2.75, 3.05) is 7.05 Å². The fourth-order valence-electron chi connectivity index (χ4n) is 2.70. The average Bonchev–Trinajstić information content (AvgIpc) is 3.34. The Morgan fingerprint density at radius 1 is 1.27 bits per heavy atom. The lowest BCUT2D eigenvalue weighted by Gasteiger charge is -2.14. The van der Waals surface area contributed by atoms with Crippen molar-refractivity contribution in [1.29, 1.82) is 0 Å². The predicted molar refractivity (Wildman–Crippen MR) is 93.1 cm³/mol. The monoisotopic (exact) mass is 357 g/mol. The van der Waals surface area contributed by atoms with Crippen LogP contribution in [0.4, 0.5) is 4.39 Å². The Morgan fingerprint density at radius 3 is 2.58 bits per heavy atom. The zero-order valence-corrected chi connectivity index (χ0v) is 14.5. The predicted octanol–water partition coefficient (Wildman–Crippen LogP) is 1.80. The number of pyridine rings is 1. The maximum absolute atomic E-state index is 14.0. The Hall–Kier alpha value is -2.80. The van der Waals surface area contributed by atoms with Crippen LogP contribution in [0.25, 0.3) is 0 Å². The number of carbonyl (C=O) groups is 2. The van der Waals surface area contributed by atoms with Crippen molar-refractivity contribution >= 4 is 11.8 Å². The van der Waals surface area contributed by atoms with Crippen LogP contribution in [0.15, 0.2) is 36.4 Å². The third-order valence-corrected chi connectivity index (χ3v) is 4.47. The fourth-order valence-corrected chi connectivity index (χ4v) is 2.70. The van der Waals surface area contributed by atoms with E-state index in [1.165, 1.54) is 37.4 Å². The highest BCUT2D eigenvalue weighted by Crippen LogP contribution is 2.29. The molecule has 26 heavy (non-hydrogen) atoms. The smallest absolute Gasteiger partial charge is 0.269 e. The number of rotatable bonds is 5. The topological polar surface area (TPSA) is 91.3 Å². The molecule has 0 saturated heterocycles. The molecule has 1 aromatic heterocycles. The molecule has 1 aliphatic carbocycles. The van der Waals surface area contributed by atoms with Crippen molar-refractivity contribution in [2.24, 2.45) is 5.92 Å². The van der Waals surface area contributed by atoms with Gasteiger partial charge in [-0.2, -0.15) is 0 Å². The zero-order valence-electron chi connectivity index (χ0n) is 14.5. The van der Waals surface area contributed by atoms with Crippen LogP contribution < -0.4 is 10.6 Å². The Balaban J connectivity index is 1.98. The lowest BCUT2D eigenvalue weighted by atomic mass is 10.0. The van der Waals surface area contributed by atoms with Crippen LogP contribution in [0.3, 0.4) is 0 Å². The summed E-state index contributed by atoms with van der Waals surface area (Å²) in [4.78, 5) is 28.6. The van der Waals surface area contributed by atoms with Crippen LogP contribution in [0.1, 0.15) is 51.6 Å². The second kappa shape index (κ2) is 7.21. The molecule has 6 nitrogen and oxygen atoms in total. The van der Waals surface area contributed by atoms with E-state index in [0.29, 0.717) is 5.92 Å². The maximum atomic E-state index is 14.0. The van der Waals surface area contributed by atoms with Crippen molar-refractivity contribution < 1.29 is 19.1 Å². The molecule has 0 bridgehead atoms. The number of nitrogens with one attached hydrogen (secondary N) is 2. The number of hydrogen-bond acceptors (Lipinski definition) is 4. The molecule has 3 N–H and O–H groups in total. The van der Waals surface area contributed by atoms with Gasteiger partial charge in [0.2, 0.25) is 0 Å². The molecular weight excluding hydrogens is 337 g/mol. The van der Waals surface area contributed by atoms with Gasteiger partial charge in [0.25, 0.3) is 11.8 Å². The van der Waals surface area contributed by atoms with Crippen molar-refractivity contribution in [2.45, 2.75) is 25.5 Å². The summed E-state index contributed by atoms with van der Waals surface area (Å²) in [7, 11) is 1.44. The molecule has 1 heterocycles. The second-order valence-corrected chi connectivity index (χ2v) is 6.46. The van der Waals surface area contributed by atoms with E-state index in [1.807, 2.05) is 6.92 Å². The molecule has 2 aromatic rings. The summed E-state index contributed by atoms with van der Waals surface area (Å²) in [5.41, 5.74) is 0.235. The van der Waals surface area contributed by atoms with Gasteiger partial charge in [-0.3, -0.25) is 9.59 Å². The molecule has 7 heteroatoms. The fraction of sp³-hybridized carbons (Fsp3) is 0.316. The van der Waals surface area contributed by atoms with Gasteiger partial charge in [0.05, 0.1) is 5.69 Å². The number of halogens is 1. The second-order valence-electron chi connectivity index (χ2n) is 6.46. The maximum Gasteiger partial charge on any atom is 0.269 e. The lowest BCUT2D eigenvalue weighted by Crippen LogP contribution is -2.28. The first-order valence-electron chi connectivity index (χ1n) is 8.38. The minimum atomic E-state index is -1.40. The van der Waals surface area contributed by atoms with E-state index < -0.39 is 17.8 Å². The molecular formula is C19H20FN3O3. The largest absolute Gasteiger partial charge is 0.382 e. The quantitative estimate of drug-likeness (QED) is 0.761. The molecule has 1 aliphatic rings. The Kier molecular flexibility index (Phi) is 4.99. The molecule has 1 aromatic carbocycles. The molecule has 1 unspecified atom stereocenters. The van der Waals surface area contributed by atoms with Gasteiger partial charge in [-0.05, 0) is 30.5 Å². The number of benzene rings is 1. The SMILES string of the molecule is CNC(=O)c1cc(C(=O)N[C@H]2C[C@@H]2C)cc(C(O)c2ccccc2F)n1. The molecule has 0 radical (unpaired) electrons. The highest BCUT2D eigenvalue weighted by Gasteiger charge is 2.34. The van der Waals surface area contributed by atoms with Crippen LogP contribution >= 0.6 is 0 Å². The van der Waals surface area contributed by atoms with Crippen molar-refractivity contribution in [3.05, 3.63) is 64.7 Å². The number of aliphatic hydroxyl groups excluding tert-OH is 1. The van der Waals surface area contributed by atoms with E-state index in [2.05, 4.69) is 15.6 Å². The summed E-state index contributed by atoms with van der Waals surface area (Å²) in [6, 6.07) is 8.61. The summed E-state index contributed by atoms with van der Waals surface area (Å²) in [5.74, 6) is -1.03.